The van der Waals surface area contributed by atoms with Gasteiger partial charge in [0.1, 0.15) is 40.9 Å². The summed E-state index contributed by atoms with van der Waals surface area (Å²) in [4.78, 5) is 2.19. The van der Waals surface area contributed by atoms with Gasteiger partial charge in [-0.1, -0.05) is 61.9 Å². The van der Waals surface area contributed by atoms with Crippen molar-refractivity contribution in [1.29, 1.82) is 15.8 Å². The fraction of sp³-hybridized carbons (Fsp3) is 0.262. The molecule has 7 nitrogen and oxygen atoms in total. The fourth-order valence-electron chi connectivity index (χ4n) is 6.44. The Bertz CT molecular complexity index is 1910. The lowest BCUT2D eigenvalue weighted by atomic mass is 9.72. The second-order valence-electron chi connectivity index (χ2n) is 13.4. The maximum absolute atomic E-state index is 9.91. The SMILES string of the molecule is COc1ccc(N(c2ccc(/C=C/C3=CC(/C=C/C4=C(C#N)C(=C(C#N)C#N)OC4(C)C)CC(C)(C)C3)cc2)c2ccc(OC)cc2)cc1. The zero-order valence-corrected chi connectivity index (χ0v) is 28.8. The Hall–Kier alpha value is -5.97. The van der Waals surface area contributed by atoms with Crippen LogP contribution in [0.3, 0.4) is 0 Å². The van der Waals surface area contributed by atoms with E-state index in [0.717, 1.165) is 47.0 Å². The van der Waals surface area contributed by atoms with Crippen LogP contribution in [0.4, 0.5) is 17.1 Å². The predicted molar refractivity (Wildman–Crippen MR) is 193 cm³/mol. The van der Waals surface area contributed by atoms with Crippen LogP contribution in [0, 0.1) is 45.3 Å². The fourth-order valence-corrected chi connectivity index (χ4v) is 6.44. The van der Waals surface area contributed by atoms with Gasteiger partial charge in [0.05, 0.1) is 14.2 Å². The van der Waals surface area contributed by atoms with E-state index in [0.29, 0.717) is 5.57 Å². The third-order valence-electron chi connectivity index (χ3n) is 8.78. The van der Waals surface area contributed by atoms with Crippen molar-refractivity contribution in [1.82, 2.24) is 0 Å². The van der Waals surface area contributed by atoms with Gasteiger partial charge in [-0.05, 0) is 104 Å². The van der Waals surface area contributed by atoms with Gasteiger partial charge >= 0.3 is 0 Å². The molecule has 49 heavy (non-hydrogen) atoms. The van der Waals surface area contributed by atoms with E-state index in [2.05, 4.69) is 73.4 Å². The molecule has 0 aromatic heterocycles. The maximum atomic E-state index is 9.91. The summed E-state index contributed by atoms with van der Waals surface area (Å²) in [5.41, 5.74) is 5.31. The van der Waals surface area contributed by atoms with E-state index in [4.69, 9.17) is 14.2 Å². The van der Waals surface area contributed by atoms with Crippen molar-refractivity contribution in [3.05, 3.63) is 131 Å². The van der Waals surface area contributed by atoms with E-state index in [1.807, 2.05) is 80.6 Å². The lowest BCUT2D eigenvalue weighted by Crippen LogP contribution is -2.22. The number of ether oxygens (including phenoxy) is 3. The summed E-state index contributed by atoms with van der Waals surface area (Å²) in [5, 5.41) is 28.7. The van der Waals surface area contributed by atoms with Gasteiger partial charge in [-0.3, -0.25) is 0 Å². The average Bonchev–Trinajstić information content (AvgIpc) is 3.36. The van der Waals surface area contributed by atoms with Crippen LogP contribution >= 0.6 is 0 Å². The van der Waals surface area contributed by atoms with Crippen molar-refractivity contribution in [2.24, 2.45) is 11.3 Å². The molecule has 0 saturated carbocycles. The average molecular weight is 649 g/mol. The molecule has 5 rings (SSSR count). The highest BCUT2D eigenvalue weighted by atomic mass is 16.5. The highest BCUT2D eigenvalue weighted by molar-refractivity contribution is 5.77. The molecule has 1 heterocycles. The number of hydrogen-bond acceptors (Lipinski definition) is 7. The Labute approximate surface area is 289 Å². The predicted octanol–water partition coefficient (Wildman–Crippen LogP) is 10.0. The van der Waals surface area contributed by atoms with Gasteiger partial charge in [0, 0.05) is 22.6 Å². The molecule has 0 saturated heterocycles. The summed E-state index contributed by atoms with van der Waals surface area (Å²) in [6.45, 7) is 8.23. The van der Waals surface area contributed by atoms with Crippen LogP contribution in [0.25, 0.3) is 6.08 Å². The molecule has 0 amide bonds. The molecule has 1 atom stereocenters. The zero-order valence-electron chi connectivity index (χ0n) is 28.8. The normalized spacial score (nSPS) is 17.9. The van der Waals surface area contributed by atoms with Gasteiger partial charge in [-0.15, -0.1) is 0 Å². The highest BCUT2D eigenvalue weighted by Gasteiger charge is 2.39. The van der Waals surface area contributed by atoms with Crippen molar-refractivity contribution < 1.29 is 14.2 Å². The summed E-state index contributed by atoms with van der Waals surface area (Å²) < 4.78 is 16.7. The molecule has 3 aromatic rings. The van der Waals surface area contributed by atoms with Crippen LogP contribution in [0.2, 0.25) is 0 Å². The Morgan fingerprint density at radius 1 is 0.776 bits per heavy atom. The van der Waals surface area contributed by atoms with E-state index >= 15 is 0 Å². The van der Waals surface area contributed by atoms with E-state index < -0.39 is 5.60 Å². The number of nitrogens with zero attached hydrogens (tertiary/aromatic N) is 4. The molecule has 1 aliphatic carbocycles. The zero-order chi connectivity index (χ0) is 35.2. The van der Waals surface area contributed by atoms with Crippen LogP contribution in [-0.4, -0.2) is 19.8 Å². The molecule has 3 aromatic carbocycles. The third-order valence-corrected chi connectivity index (χ3v) is 8.78. The lowest BCUT2D eigenvalue weighted by molar-refractivity contribution is 0.0953. The minimum Gasteiger partial charge on any atom is -0.497 e. The number of nitriles is 3. The Kier molecular flexibility index (Phi) is 10.1. The van der Waals surface area contributed by atoms with Crippen LogP contribution < -0.4 is 14.4 Å². The number of anilines is 3. The van der Waals surface area contributed by atoms with E-state index in [-0.39, 0.29) is 28.2 Å². The van der Waals surface area contributed by atoms with Crippen molar-refractivity contribution in [2.75, 3.05) is 19.1 Å². The molecule has 0 spiro atoms. The number of rotatable bonds is 9. The number of benzene rings is 3. The third kappa shape index (κ3) is 7.78. The Morgan fingerprint density at radius 2 is 1.31 bits per heavy atom. The molecule has 0 bridgehead atoms. The van der Waals surface area contributed by atoms with Crippen molar-refractivity contribution in [3.63, 3.8) is 0 Å². The minimum atomic E-state index is -0.838. The van der Waals surface area contributed by atoms with E-state index in [1.165, 1.54) is 5.57 Å². The molecule has 1 unspecified atom stereocenters. The van der Waals surface area contributed by atoms with Crippen molar-refractivity contribution >= 4 is 23.1 Å². The van der Waals surface area contributed by atoms with Gasteiger partial charge in [0.25, 0.3) is 0 Å². The van der Waals surface area contributed by atoms with Gasteiger partial charge in [0.2, 0.25) is 0 Å². The summed E-state index contributed by atoms with van der Waals surface area (Å²) >= 11 is 0. The van der Waals surface area contributed by atoms with Crippen LogP contribution in [0.5, 0.6) is 11.5 Å². The Morgan fingerprint density at radius 3 is 1.80 bits per heavy atom. The Balaban J connectivity index is 1.40. The monoisotopic (exact) mass is 648 g/mol. The lowest BCUT2D eigenvalue weighted by Gasteiger charge is -2.33. The largest absolute Gasteiger partial charge is 0.497 e. The van der Waals surface area contributed by atoms with Gasteiger partial charge in [-0.25, -0.2) is 0 Å². The molecule has 0 radical (unpaired) electrons. The second-order valence-corrected chi connectivity index (χ2v) is 13.4. The first-order valence-corrected chi connectivity index (χ1v) is 16.1. The molecular weight excluding hydrogens is 608 g/mol. The summed E-state index contributed by atoms with van der Waals surface area (Å²) in [6.07, 6.45) is 12.5. The minimum absolute atomic E-state index is 0.0578. The summed E-state index contributed by atoms with van der Waals surface area (Å²) in [5.74, 6) is 1.79. The molecule has 1 aliphatic heterocycles. The first-order valence-electron chi connectivity index (χ1n) is 16.1. The molecule has 246 valence electrons. The smallest absolute Gasteiger partial charge is 0.172 e. The molecule has 0 N–H and O–H groups in total. The molecule has 2 aliphatic rings. The van der Waals surface area contributed by atoms with Gasteiger partial charge in [-0.2, -0.15) is 15.8 Å². The molecule has 7 heteroatoms. The first kappa shape index (κ1) is 34.4. The highest BCUT2D eigenvalue weighted by Crippen LogP contribution is 2.43. The number of allylic oxidation sites excluding steroid dienone is 6. The van der Waals surface area contributed by atoms with Gasteiger partial charge < -0.3 is 19.1 Å². The molecular formula is C42H40N4O3. The van der Waals surface area contributed by atoms with Crippen molar-refractivity contribution in [2.45, 2.75) is 46.1 Å². The van der Waals surface area contributed by atoms with Crippen LogP contribution in [0.15, 0.2) is 125 Å². The topological polar surface area (TPSA) is 102 Å². The number of hydrogen-bond donors (Lipinski definition) is 0. The van der Waals surface area contributed by atoms with Crippen LogP contribution in [0.1, 0.15) is 46.1 Å². The van der Waals surface area contributed by atoms with Crippen molar-refractivity contribution in [3.8, 4) is 29.7 Å². The quantitative estimate of drug-likeness (QED) is 0.213. The number of methoxy groups -OCH3 is 2. The van der Waals surface area contributed by atoms with E-state index in [9.17, 15) is 15.8 Å². The summed E-state index contributed by atoms with van der Waals surface area (Å²) in [7, 11) is 3.33. The second kappa shape index (κ2) is 14.4. The molecule has 0 fully saturated rings. The van der Waals surface area contributed by atoms with Gasteiger partial charge in [0.15, 0.2) is 11.3 Å². The van der Waals surface area contributed by atoms with Crippen LogP contribution in [-0.2, 0) is 4.74 Å². The first-order chi connectivity index (χ1) is 23.5. The standard InChI is InChI=1S/C42H40N4O3/c1-41(2)24-30(23-31(25-41)11-22-39-38(28-45)40(32(26-43)27-44)49-42(39,3)4)8-7-29-9-12-33(13-10-29)46(34-14-18-36(47-5)19-15-34)35-16-20-37(48-6)21-17-35/h7-23,31H,24-25H2,1-6H3/b8-7+,22-11+. The van der Waals surface area contributed by atoms with E-state index in [1.54, 1.807) is 14.2 Å². The maximum Gasteiger partial charge on any atom is 0.172 e. The summed E-state index contributed by atoms with van der Waals surface area (Å²) in [6, 6.07) is 30.4.